The van der Waals surface area contributed by atoms with Gasteiger partial charge in [-0.2, -0.15) is 0 Å². The molecule has 1 amide bonds. The highest BCUT2D eigenvalue weighted by atomic mass is 32.2. The van der Waals surface area contributed by atoms with E-state index in [1.54, 1.807) is 0 Å². The van der Waals surface area contributed by atoms with Crippen molar-refractivity contribution >= 4 is 23.4 Å². The lowest BCUT2D eigenvalue weighted by Crippen LogP contribution is -2.33. The number of thioether (sulfide) groups is 1. The Kier molecular flexibility index (Phi) is 4.53. The molecule has 1 aromatic rings. The monoisotopic (exact) mass is 264 g/mol. The third kappa shape index (κ3) is 3.67. The van der Waals surface area contributed by atoms with Crippen LogP contribution in [0, 0.1) is 6.92 Å². The van der Waals surface area contributed by atoms with Crippen LogP contribution in [0.3, 0.4) is 0 Å². The SMILES string of the molecule is Cc1ccc(SCC(=O)NC2CCCC2)c(N)c1. The average Bonchev–Trinajstić information content (AvgIpc) is 2.80. The second-order valence-electron chi connectivity index (χ2n) is 4.88. The molecule has 0 atom stereocenters. The van der Waals surface area contributed by atoms with E-state index in [2.05, 4.69) is 5.32 Å². The Morgan fingerprint density at radius 3 is 2.83 bits per heavy atom. The summed E-state index contributed by atoms with van der Waals surface area (Å²) in [6.45, 7) is 2.01. The zero-order valence-corrected chi connectivity index (χ0v) is 11.6. The molecule has 0 aromatic heterocycles. The summed E-state index contributed by atoms with van der Waals surface area (Å²) in [5.74, 6) is 0.566. The topological polar surface area (TPSA) is 55.1 Å². The number of benzene rings is 1. The molecule has 3 nitrogen and oxygen atoms in total. The highest BCUT2D eigenvalue weighted by Crippen LogP contribution is 2.25. The number of rotatable bonds is 4. The fourth-order valence-corrected chi connectivity index (χ4v) is 3.04. The number of nitrogen functional groups attached to an aromatic ring is 1. The number of nitrogens with one attached hydrogen (secondary N) is 1. The summed E-state index contributed by atoms with van der Waals surface area (Å²) < 4.78 is 0. The summed E-state index contributed by atoms with van der Waals surface area (Å²) in [7, 11) is 0. The van der Waals surface area contributed by atoms with Crippen molar-refractivity contribution in [3.8, 4) is 0 Å². The van der Waals surface area contributed by atoms with E-state index in [0.29, 0.717) is 11.8 Å². The van der Waals surface area contributed by atoms with E-state index in [0.717, 1.165) is 29.0 Å². The van der Waals surface area contributed by atoms with Gasteiger partial charge in [0.05, 0.1) is 5.75 Å². The van der Waals surface area contributed by atoms with Gasteiger partial charge in [-0.05, 0) is 37.5 Å². The van der Waals surface area contributed by atoms with Gasteiger partial charge in [0.25, 0.3) is 0 Å². The zero-order chi connectivity index (χ0) is 13.0. The first-order valence-electron chi connectivity index (χ1n) is 6.43. The van der Waals surface area contributed by atoms with Crippen LogP contribution in [0.5, 0.6) is 0 Å². The minimum absolute atomic E-state index is 0.117. The lowest BCUT2D eigenvalue weighted by atomic mass is 10.2. The van der Waals surface area contributed by atoms with Gasteiger partial charge >= 0.3 is 0 Å². The van der Waals surface area contributed by atoms with Gasteiger partial charge in [0.2, 0.25) is 5.91 Å². The summed E-state index contributed by atoms with van der Waals surface area (Å²) in [6, 6.07) is 6.34. The molecule has 1 aliphatic rings. The quantitative estimate of drug-likeness (QED) is 0.649. The predicted octanol–water partition coefficient (Wildman–Crippen LogP) is 2.73. The summed E-state index contributed by atoms with van der Waals surface area (Å²) in [5.41, 5.74) is 7.82. The number of carbonyl (C=O) groups is 1. The van der Waals surface area contributed by atoms with Crippen molar-refractivity contribution in [2.45, 2.75) is 43.5 Å². The maximum absolute atomic E-state index is 11.8. The van der Waals surface area contributed by atoms with E-state index in [1.807, 2.05) is 25.1 Å². The normalized spacial score (nSPS) is 15.8. The van der Waals surface area contributed by atoms with Gasteiger partial charge in [-0.25, -0.2) is 0 Å². The van der Waals surface area contributed by atoms with Crippen LogP contribution in [-0.2, 0) is 4.79 Å². The van der Waals surface area contributed by atoms with Crippen LogP contribution in [0.2, 0.25) is 0 Å². The third-order valence-corrected chi connectivity index (χ3v) is 4.33. The Balaban J connectivity index is 1.81. The number of aryl methyl sites for hydroxylation is 1. The molecule has 1 aliphatic carbocycles. The Morgan fingerprint density at radius 1 is 1.44 bits per heavy atom. The van der Waals surface area contributed by atoms with Crippen molar-refractivity contribution in [3.05, 3.63) is 23.8 Å². The Morgan fingerprint density at radius 2 is 2.17 bits per heavy atom. The van der Waals surface area contributed by atoms with Gasteiger partial charge in [-0.1, -0.05) is 18.9 Å². The molecule has 0 radical (unpaired) electrons. The molecule has 2 rings (SSSR count). The van der Waals surface area contributed by atoms with E-state index >= 15 is 0 Å². The maximum Gasteiger partial charge on any atom is 0.230 e. The van der Waals surface area contributed by atoms with E-state index < -0.39 is 0 Å². The molecule has 1 saturated carbocycles. The minimum Gasteiger partial charge on any atom is -0.398 e. The van der Waals surface area contributed by atoms with E-state index in [-0.39, 0.29) is 5.91 Å². The zero-order valence-electron chi connectivity index (χ0n) is 10.7. The highest BCUT2D eigenvalue weighted by Gasteiger charge is 2.17. The first-order valence-corrected chi connectivity index (χ1v) is 7.42. The molecule has 1 aromatic carbocycles. The number of anilines is 1. The third-order valence-electron chi connectivity index (χ3n) is 3.24. The van der Waals surface area contributed by atoms with Gasteiger partial charge in [0.15, 0.2) is 0 Å². The molecular weight excluding hydrogens is 244 g/mol. The Labute approximate surface area is 113 Å². The molecule has 0 unspecified atom stereocenters. The van der Waals surface area contributed by atoms with Crippen molar-refractivity contribution in [1.29, 1.82) is 0 Å². The number of nitrogens with two attached hydrogens (primary N) is 1. The molecule has 0 aliphatic heterocycles. The second kappa shape index (κ2) is 6.14. The van der Waals surface area contributed by atoms with Gasteiger partial charge < -0.3 is 11.1 Å². The van der Waals surface area contributed by atoms with Crippen LogP contribution in [0.1, 0.15) is 31.2 Å². The number of carbonyl (C=O) groups excluding carboxylic acids is 1. The molecule has 0 saturated heterocycles. The number of amides is 1. The van der Waals surface area contributed by atoms with Crippen LogP contribution in [0.25, 0.3) is 0 Å². The van der Waals surface area contributed by atoms with Crippen LogP contribution in [0.4, 0.5) is 5.69 Å². The molecule has 98 valence electrons. The van der Waals surface area contributed by atoms with Crippen LogP contribution >= 0.6 is 11.8 Å². The van der Waals surface area contributed by atoms with Crippen molar-refractivity contribution in [2.24, 2.45) is 0 Å². The van der Waals surface area contributed by atoms with Crippen molar-refractivity contribution in [1.82, 2.24) is 5.32 Å². The van der Waals surface area contributed by atoms with Gasteiger partial charge in [0, 0.05) is 16.6 Å². The smallest absolute Gasteiger partial charge is 0.230 e. The van der Waals surface area contributed by atoms with Crippen molar-refractivity contribution < 1.29 is 4.79 Å². The van der Waals surface area contributed by atoms with Crippen LogP contribution < -0.4 is 11.1 Å². The lowest BCUT2D eigenvalue weighted by molar-refractivity contribution is -0.119. The molecule has 1 fully saturated rings. The van der Waals surface area contributed by atoms with E-state index in [1.165, 1.54) is 24.6 Å². The van der Waals surface area contributed by atoms with Crippen LogP contribution in [0.15, 0.2) is 23.1 Å². The first kappa shape index (κ1) is 13.3. The highest BCUT2D eigenvalue weighted by molar-refractivity contribution is 8.00. The molecular formula is C14H20N2OS. The van der Waals surface area contributed by atoms with Crippen molar-refractivity contribution in [3.63, 3.8) is 0 Å². The minimum atomic E-state index is 0.117. The molecule has 0 heterocycles. The Hall–Kier alpha value is -1.16. The van der Waals surface area contributed by atoms with E-state index in [4.69, 9.17) is 5.73 Å². The Bertz CT molecular complexity index is 428. The second-order valence-corrected chi connectivity index (χ2v) is 5.90. The molecule has 0 spiro atoms. The van der Waals surface area contributed by atoms with Gasteiger partial charge in [0.1, 0.15) is 0 Å². The first-order chi connectivity index (χ1) is 8.65. The summed E-state index contributed by atoms with van der Waals surface area (Å²) >= 11 is 1.51. The van der Waals surface area contributed by atoms with Crippen molar-refractivity contribution in [2.75, 3.05) is 11.5 Å². The summed E-state index contributed by atoms with van der Waals surface area (Å²) in [5, 5.41) is 3.08. The standard InChI is InChI=1S/C14H20N2OS/c1-10-6-7-13(12(15)8-10)18-9-14(17)16-11-4-2-3-5-11/h6-8,11H,2-5,9,15H2,1H3,(H,16,17). The fraction of sp³-hybridized carbons (Fsp3) is 0.500. The number of hydrogen-bond acceptors (Lipinski definition) is 3. The molecule has 18 heavy (non-hydrogen) atoms. The summed E-state index contributed by atoms with van der Waals surface area (Å²) in [6.07, 6.45) is 4.73. The molecule has 4 heteroatoms. The lowest BCUT2D eigenvalue weighted by Gasteiger charge is -2.12. The predicted molar refractivity (Wildman–Crippen MR) is 76.7 cm³/mol. The summed E-state index contributed by atoms with van der Waals surface area (Å²) in [4.78, 5) is 12.8. The molecule has 3 N–H and O–H groups in total. The van der Waals surface area contributed by atoms with Gasteiger partial charge in [-0.3, -0.25) is 4.79 Å². The van der Waals surface area contributed by atoms with E-state index in [9.17, 15) is 4.79 Å². The fourth-order valence-electron chi connectivity index (χ4n) is 2.28. The average molecular weight is 264 g/mol. The molecule has 0 bridgehead atoms. The van der Waals surface area contributed by atoms with Crippen LogP contribution in [-0.4, -0.2) is 17.7 Å². The maximum atomic E-state index is 11.8. The number of hydrogen-bond donors (Lipinski definition) is 2. The van der Waals surface area contributed by atoms with Gasteiger partial charge in [-0.15, -0.1) is 11.8 Å². The largest absolute Gasteiger partial charge is 0.398 e.